The van der Waals surface area contributed by atoms with Gasteiger partial charge in [0.15, 0.2) is 17.3 Å². The zero-order valence-corrected chi connectivity index (χ0v) is 27.5. The number of anilines is 1. The number of pyridine rings is 1. The van der Waals surface area contributed by atoms with E-state index in [1.165, 1.54) is 16.7 Å². The molecule has 2 saturated heterocycles. The predicted molar refractivity (Wildman–Crippen MR) is 178 cm³/mol. The molecule has 0 radical (unpaired) electrons. The average molecular weight is 673 g/mol. The molecule has 242 valence electrons. The topological polar surface area (TPSA) is 118 Å². The Morgan fingerprint density at radius 1 is 1.02 bits per heavy atom. The molecule has 47 heavy (non-hydrogen) atoms. The first-order valence-electron chi connectivity index (χ1n) is 15.1. The Labute approximate surface area is 281 Å². The van der Waals surface area contributed by atoms with Gasteiger partial charge in [0.05, 0.1) is 5.69 Å². The largest absolute Gasteiger partial charge is 0.451 e. The molecule has 1 aromatic heterocycles. The van der Waals surface area contributed by atoms with E-state index in [1.54, 1.807) is 55.5 Å². The summed E-state index contributed by atoms with van der Waals surface area (Å²) in [6, 6.07) is 20.0. The first-order valence-corrected chi connectivity index (χ1v) is 16.4. The number of benzene rings is 2. The summed E-state index contributed by atoms with van der Waals surface area (Å²) in [5.74, 6) is -1.40. The molecule has 0 bridgehead atoms. The highest BCUT2D eigenvalue weighted by molar-refractivity contribution is 8.03. The van der Waals surface area contributed by atoms with E-state index in [4.69, 9.17) is 21.1 Å². The lowest BCUT2D eigenvalue weighted by atomic mass is 9.95. The van der Waals surface area contributed by atoms with Crippen molar-refractivity contribution in [3.63, 3.8) is 0 Å². The number of carbonyl (C=O) groups is 4. The van der Waals surface area contributed by atoms with E-state index in [-0.39, 0.29) is 11.1 Å². The number of nitrogens with zero attached hydrogens (tertiary/aromatic N) is 3. The predicted octanol–water partition coefficient (Wildman–Crippen LogP) is 5.79. The van der Waals surface area contributed by atoms with E-state index < -0.39 is 47.1 Å². The number of β-lactam (4-membered cyclic amide) rings is 1. The first-order chi connectivity index (χ1) is 22.5. The van der Waals surface area contributed by atoms with Crippen molar-refractivity contribution in [2.24, 2.45) is 0 Å². The van der Waals surface area contributed by atoms with Crippen molar-refractivity contribution >= 4 is 52.9 Å². The van der Waals surface area contributed by atoms with Crippen LogP contribution in [0.2, 0.25) is 5.15 Å². The van der Waals surface area contributed by atoms with Gasteiger partial charge in [0.1, 0.15) is 17.0 Å². The summed E-state index contributed by atoms with van der Waals surface area (Å²) < 4.78 is 11.6. The standard InChI is InChI=1S/C35H33ClN4O6S/c1-35(2,3)46-34(44)38-26-31(42)40-27(33(43)45-28(21-11-6-4-7-12-21)22-13-8-5-9-14-22)24(20-47-32(26)40)19-23-16-18-39(30(23)41)25-15-10-17-37-29(25)36/h4-15,17,19-20,26-28,32H,16,18H2,1-3H3,(H,38,44)/b23-19+/t26-,27-,32-/m1/s1. The van der Waals surface area contributed by atoms with Gasteiger partial charge >= 0.3 is 12.1 Å². The number of hydrogen-bond donors (Lipinski definition) is 1. The molecule has 0 spiro atoms. The maximum absolute atomic E-state index is 14.3. The fourth-order valence-corrected chi connectivity index (χ4v) is 7.14. The Balaban J connectivity index is 1.32. The molecule has 10 nitrogen and oxygen atoms in total. The van der Waals surface area contributed by atoms with Crippen LogP contribution in [0.5, 0.6) is 0 Å². The summed E-state index contributed by atoms with van der Waals surface area (Å²) in [6.07, 6.45) is 2.11. The number of thioether (sulfide) groups is 1. The molecule has 3 amide bonds. The molecular formula is C35H33ClN4O6S. The number of alkyl carbamates (subject to hydrolysis) is 1. The summed E-state index contributed by atoms with van der Waals surface area (Å²) in [7, 11) is 0. The third-order valence-corrected chi connectivity index (χ3v) is 9.32. The molecule has 3 atom stereocenters. The van der Waals surface area contributed by atoms with E-state index in [9.17, 15) is 19.2 Å². The number of ether oxygens (including phenoxy) is 2. The zero-order valence-electron chi connectivity index (χ0n) is 26.0. The summed E-state index contributed by atoms with van der Waals surface area (Å²) in [5.41, 5.74) is 2.13. The lowest BCUT2D eigenvalue weighted by Crippen LogP contribution is -2.74. The van der Waals surface area contributed by atoms with Crippen LogP contribution in [0.1, 0.15) is 44.4 Å². The van der Waals surface area contributed by atoms with Crippen molar-refractivity contribution in [3.05, 3.63) is 118 Å². The summed E-state index contributed by atoms with van der Waals surface area (Å²) in [5, 5.41) is 4.02. The van der Waals surface area contributed by atoms with Gasteiger partial charge in [-0.15, -0.1) is 11.8 Å². The van der Waals surface area contributed by atoms with Gasteiger partial charge in [-0.1, -0.05) is 72.3 Å². The number of carbonyl (C=O) groups excluding carboxylic acids is 4. The quantitative estimate of drug-likeness (QED) is 0.145. The molecule has 4 heterocycles. The van der Waals surface area contributed by atoms with E-state index >= 15 is 0 Å². The average Bonchev–Trinajstić information content (AvgIpc) is 3.41. The Kier molecular flexibility index (Phi) is 9.11. The minimum Gasteiger partial charge on any atom is -0.451 e. The van der Waals surface area contributed by atoms with Crippen molar-refractivity contribution in [1.29, 1.82) is 0 Å². The van der Waals surface area contributed by atoms with Gasteiger partial charge in [0.2, 0.25) is 5.91 Å². The van der Waals surface area contributed by atoms with Crippen LogP contribution in [0.3, 0.4) is 0 Å². The van der Waals surface area contributed by atoms with Crippen molar-refractivity contribution in [2.75, 3.05) is 11.4 Å². The second-order valence-corrected chi connectivity index (χ2v) is 13.6. The smallest absolute Gasteiger partial charge is 0.408 e. The number of halogens is 1. The van der Waals surface area contributed by atoms with Crippen molar-refractivity contribution in [2.45, 2.75) is 56.4 Å². The molecule has 0 unspecified atom stereocenters. The van der Waals surface area contributed by atoms with Gasteiger partial charge in [0, 0.05) is 18.3 Å². The van der Waals surface area contributed by atoms with Gasteiger partial charge in [-0.05, 0) is 67.5 Å². The number of esters is 1. The molecule has 12 heteroatoms. The lowest BCUT2D eigenvalue weighted by molar-refractivity contribution is -0.164. The third-order valence-electron chi connectivity index (χ3n) is 7.85. The Bertz CT molecular complexity index is 1720. The third kappa shape index (κ3) is 6.77. The van der Waals surface area contributed by atoms with Gasteiger partial charge in [0.25, 0.3) is 5.91 Å². The van der Waals surface area contributed by atoms with Crippen LogP contribution in [0.4, 0.5) is 10.5 Å². The van der Waals surface area contributed by atoms with Gasteiger partial charge in [-0.25, -0.2) is 14.6 Å². The van der Waals surface area contributed by atoms with Crippen LogP contribution in [-0.2, 0) is 23.9 Å². The van der Waals surface area contributed by atoms with Crippen molar-refractivity contribution in [1.82, 2.24) is 15.2 Å². The maximum Gasteiger partial charge on any atom is 0.408 e. The minimum atomic E-state index is -1.17. The second-order valence-electron chi connectivity index (χ2n) is 12.2. The molecule has 0 saturated carbocycles. The van der Waals surface area contributed by atoms with Crippen LogP contribution in [0, 0.1) is 0 Å². The minimum absolute atomic E-state index is 0.210. The fourth-order valence-electron chi connectivity index (χ4n) is 5.73. The Morgan fingerprint density at radius 2 is 1.68 bits per heavy atom. The molecule has 2 fully saturated rings. The number of fused-ring (bicyclic) bond motifs is 1. The number of amides is 3. The van der Waals surface area contributed by atoms with Crippen LogP contribution >= 0.6 is 23.4 Å². The van der Waals surface area contributed by atoms with Crippen LogP contribution in [0.15, 0.2) is 102 Å². The summed E-state index contributed by atoms with van der Waals surface area (Å²) in [6.45, 7) is 5.57. The number of nitrogens with one attached hydrogen (secondary N) is 1. The summed E-state index contributed by atoms with van der Waals surface area (Å²) in [4.78, 5) is 61.1. The molecular weight excluding hydrogens is 640 g/mol. The highest BCUT2D eigenvalue weighted by Gasteiger charge is 2.56. The van der Waals surface area contributed by atoms with Gasteiger partial charge in [-0.3, -0.25) is 9.59 Å². The first kappa shape index (κ1) is 32.3. The normalized spacial score (nSPS) is 21.7. The number of aromatic nitrogens is 1. The number of rotatable bonds is 7. The molecule has 3 aromatic rings. The SMILES string of the molecule is CC(C)(C)OC(=O)N[C@@H]1C(=O)N2[C@@H](C(=O)OC(c3ccccc3)c3ccccc3)C(/C=C3\CCN(c4cccnc4Cl)C3=O)=CS[C@H]12. The van der Waals surface area contributed by atoms with Crippen LogP contribution in [0.25, 0.3) is 0 Å². The van der Waals surface area contributed by atoms with E-state index in [0.717, 1.165) is 11.1 Å². The number of hydrogen-bond acceptors (Lipinski definition) is 8. The molecule has 0 aliphatic carbocycles. The Hall–Kier alpha value is -4.61. The maximum atomic E-state index is 14.3. The van der Waals surface area contributed by atoms with E-state index in [0.29, 0.717) is 29.8 Å². The summed E-state index contributed by atoms with van der Waals surface area (Å²) >= 11 is 7.56. The van der Waals surface area contributed by atoms with Gasteiger partial charge < -0.3 is 24.6 Å². The van der Waals surface area contributed by atoms with Gasteiger partial charge in [-0.2, -0.15) is 0 Å². The van der Waals surface area contributed by atoms with Crippen molar-refractivity contribution < 1.29 is 28.7 Å². The Morgan fingerprint density at radius 3 is 2.30 bits per heavy atom. The second kappa shape index (κ2) is 13.2. The van der Waals surface area contributed by atoms with E-state index in [2.05, 4.69) is 10.3 Å². The molecule has 3 aliphatic rings. The molecule has 2 aromatic carbocycles. The van der Waals surface area contributed by atoms with Crippen LogP contribution < -0.4 is 10.2 Å². The lowest BCUT2D eigenvalue weighted by Gasteiger charge is -2.51. The van der Waals surface area contributed by atoms with Crippen molar-refractivity contribution in [3.8, 4) is 0 Å². The highest BCUT2D eigenvalue weighted by Crippen LogP contribution is 2.42. The highest BCUT2D eigenvalue weighted by atomic mass is 35.5. The molecule has 1 N–H and O–H groups in total. The fraction of sp³-hybridized carbons (Fsp3) is 0.286. The zero-order chi connectivity index (χ0) is 33.3. The van der Waals surface area contributed by atoms with E-state index in [1.807, 2.05) is 60.7 Å². The molecule has 6 rings (SSSR count). The monoisotopic (exact) mass is 672 g/mol. The van der Waals surface area contributed by atoms with Crippen LogP contribution in [-0.4, -0.2) is 63.4 Å². The molecule has 3 aliphatic heterocycles.